The second-order valence-electron chi connectivity index (χ2n) is 6.28. The SMILES string of the molecule is CCn1ncnc1CN1CCC(CNC(=O)c2ccc(C)nc2)C1. The van der Waals surface area contributed by atoms with Gasteiger partial charge in [-0.05, 0) is 44.9 Å². The van der Waals surface area contributed by atoms with E-state index in [0.29, 0.717) is 18.0 Å². The monoisotopic (exact) mass is 328 g/mol. The highest BCUT2D eigenvalue weighted by molar-refractivity contribution is 5.93. The maximum absolute atomic E-state index is 12.1. The smallest absolute Gasteiger partial charge is 0.252 e. The van der Waals surface area contributed by atoms with Crippen molar-refractivity contribution < 1.29 is 4.79 Å². The first-order valence-electron chi connectivity index (χ1n) is 8.45. The molecule has 3 rings (SSSR count). The third-order valence-electron chi connectivity index (χ3n) is 4.46. The number of hydrogen-bond acceptors (Lipinski definition) is 5. The number of nitrogens with one attached hydrogen (secondary N) is 1. The van der Waals surface area contributed by atoms with E-state index < -0.39 is 0 Å². The van der Waals surface area contributed by atoms with Crippen LogP contribution in [-0.4, -0.2) is 50.2 Å². The van der Waals surface area contributed by atoms with Crippen LogP contribution in [0.3, 0.4) is 0 Å². The van der Waals surface area contributed by atoms with Crippen molar-refractivity contribution in [3.8, 4) is 0 Å². The maximum atomic E-state index is 12.1. The maximum Gasteiger partial charge on any atom is 0.252 e. The van der Waals surface area contributed by atoms with E-state index in [1.54, 1.807) is 12.5 Å². The van der Waals surface area contributed by atoms with Gasteiger partial charge in [-0.3, -0.25) is 14.7 Å². The number of carbonyl (C=O) groups is 1. The van der Waals surface area contributed by atoms with Crippen LogP contribution in [0, 0.1) is 12.8 Å². The van der Waals surface area contributed by atoms with Crippen LogP contribution in [0.4, 0.5) is 0 Å². The zero-order valence-electron chi connectivity index (χ0n) is 14.3. The zero-order chi connectivity index (χ0) is 16.9. The number of amides is 1. The van der Waals surface area contributed by atoms with E-state index in [1.807, 2.05) is 23.7 Å². The van der Waals surface area contributed by atoms with Gasteiger partial charge in [-0.25, -0.2) is 9.67 Å². The van der Waals surface area contributed by atoms with Gasteiger partial charge in [0.05, 0.1) is 12.1 Å². The van der Waals surface area contributed by atoms with Gasteiger partial charge in [0.1, 0.15) is 12.2 Å². The number of likely N-dealkylation sites (tertiary alicyclic amines) is 1. The van der Waals surface area contributed by atoms with Crippen molar-refractivity contribution in [1.82, 2.24) is 30.0 Å². The Morgan fingerprint density at radius 2 is 2.25 bits per heavy atom. The quantitative estimate of drug-likeness (QED) is 0.864. The predicted octanol–water partition coefficient (Wildman–Crippen LogP) is 1.25. The Balaban J connectivity index is 1.46. The fourth-order valence-electron chi connectivity index (χ4n) is 3.04. The summed E-state index contributed by atoms with van der Waals surface area (Å²) in [5.41, 5.74) is 1.53. The molecule has 1 unspecified atom stereocenters. The zero-order valence-corrected chi connectivity index (χ0v) is 14.3. The van der Waals surface area contributed by atoms with Crippen molar-refractivity contribution >= 4 is 5.91 Å². The van der Waals surface area contributed by atoms with Gasteiger partial charge in [0, 0.05) is 31.5 Å². The minimum absolute atomic E-state index is 0.0494. The van der Waals surface area contributed by atoms with Gasteiger partial charge in [-0.1, -0.05) is 0 Å². The van der Waals surface area contributed by atoms with Gasteiger partial charge in [0.15, 0.2) is 0 Å². The molecule has 0 radical (unpaired) electrons. The van der Waals surface area contributed by atoms with E-state index in [9.17, 15) is 4.79 Å². The van der Waals surface area contributed by atoms with Gasteiger partial charge in [0.2, 0.25) is 0 Å². The first-order chi connectivity index (χ1) is 11.7. The summed E-state index contributed by atoms with van der Waals surface area (Å²) in [4.78, 5) is 23.0. The highest BCUT2D eigenvalue weighted by Gasteiger charge is 2.24. The summed E-state index contributed by atoms with van der Waals surface area (Å²) in [5.74, 6) is 1.44. The summed E-state index contributed by atoms with van der Waals surface area (Å²) in [6.45, 7) is 8.35. The standard InChI is InChI=1S/C17H24N6O/c1-3-23-16(20-12-21-23)11-22-7-6-14(10-22)8-19-17(24)15-5-4-13(2)18-9-15/h4-5,9,12,14H,3,6-8,10-11H2,1-2H3,(H,19,24). The average Bonchev–Trinajstić information content (AvgIpc) is 3.22. The molecule has 0 bridgehead atoms. The number of hydrogen-bond donors (Lipinski definition) is 1. The second-order valence-corrected chi connectivity index (χ2v) is 6.28. The average molecular weight is 328 g/mol. The molecule has 3 heterocycles. The van der Waals surface area contributed by atoms with Gasteiger partial charge in [-0.15, -0.1) is 0 Å². The number of carbonyl (C=O) groups excluding carboxylic acids is 1. The molecule has 1 saturated heterocycles. The van der Waals surface area contributed by atoms with E-state index in [-0.39, 0.29) is 5.91 Å². The van der Waals surface area contributed by atoms with E-state index >= 15 is 0 Å². The van der Waals surface area contributed by atoms with Crippen LogP contribution in [0.25, 0.3) is 0 Å². The van der Waals surface area contributed by atoms with Crippen molar-refractivity contribution in [3.63, 3.8) is 0 Å². The number of aryl methyl sites for hydroxylation is 2. The molecule has 7 nitrogen and oxygen atoms in total. The largest absolute Gasteiger partial charge is 0.352 e. The summed E-state index contributed by atoms with van der Waals surface area (Å²) < 4.78 is 1.93. The lowest BCUT2D eigenvalue weighted by Gasteiger charge is -2.16. The van der Waals surface area contributed by atoms with Crippen LogP contribution in [0.2, 0.25) is 0 Å². The lowest BCUT2D eigenvalue weighted by atomic mass is 10.1. The molecule has 0 saturated carbocycles. The molecule has 7 heteroatoms. The third-order valence-corrected chi connectivity index (χ3v) is 4.46. The Kier molecular flexibility index (Phi) is 5.20. The summed E-state index contributed by atoms with van der Waals surface area (Å²) in [6.07, 6.45) is 4.33. The molecule has 128 valence electrons. The molecule has 1 amide bonds. The Bertz CT molecular complexity index is 681. The Morgan fingerprint density at radius 3 is 3.00 bits per heavy atom. The Hall–Kier alpha value is -2.28. The van der Waals surface area contributed by atoms with E-state index in [0.717, 1.165) is 44.1 Å². The minimum atomic E-state index is -0.0494. The molecule has 0 aliphatic carbocycles. The molecule has 1 aliphatic heterocycles. The van der Waals surface area contributed by atoms with E-state index in [2.05, 4.69) is 32.2 Å². The predicted molar refractivity (Wildman–Crippen MR) is 90.4 cm³/mol. The van der Waals surface area contributed by atoms with Crippen molar-refractivity contribution in [1.29, 1.82) is 0 Å². The van der Waals surface area contributed by atoms with Crippen molar-refractivity contribution in [2.24, 2.45) is 5.92 Å². The fraction of sp³-hybridized carbons (Fsp3) is 0.529. The molecule has 0 aromatic carbocycles. The normalized spacial score (nSPS) is 18.0. The first-order valence-corrected chi connectivity index (χ1v) is 8.45. The third kappa shape index (κ3) is 3.97. The van der Waals surface area contributed by atoms with Crippen LogP contribution < -0.4 is 5.32 Å². The van der Waals surface area contributed by atoms with Gasteiger partial charge in [-0.2, -0.15) is 5.10 Å². The molecular weight excluding hydrogens is 304 g/mol. The molecule has 2 aromatic rings. The van der Waals surface area contributed by atoms with Crippen LogP contribution in [-0.2, 0) is 13.1 Å². The van der Waals surface area contributed by atoms with Crippen molar-refractivity contribution in [2.75, 3.05) is 19.6 Å². The summed E-state index contributed by atoms with van der Waals surface area (Å²) in [5, 5.41) is 7.23. The Morgan fingerprint density at radius 1 is 1.38 bits per heavy atom. The topological polar surface area (TPSA) is 75.9 Å². The molecule has 24 heavy (non-hydrogen) atoms. The summed E-state index contributed by atoms with van der Waals surface area (Å²) >= 11 is 0. The molecule has 1 atom stereocenters. The van der Waals surface area contributed by atoms with E-state index in [4.69, 9.17) is 0 Å². The number of rotatable bonds is 6. The van der Waals surface area contributed by atoms with Gasteiger partial charge in [0.25, 0.3) is 5.91 Å². The Labute approximate surface area is 142 Å². The molecule has 1 aliphatic rings. The second kappa shape index (κ2) is 7.53. The summed E-state index contributed by atoms with van der Waals surface area (Å²) in [7, 11) is 0. The van der Waals surface area contributed by atoms with Crippen LogP contribution >= 0.6 is 0 Å². The number of nitrogens with zero attached hydrogens (tertiary/aromatic N) is 5. The van der Waals surface area contributed by atoms with Crippen LogP contribution in [0.15, 0.2) is 24.7 Å². The van der Waals surface area contributed by atoms with E-state index in [1.165, 1.54) is 0 Å². The lowest BCUT2D eigenvalue weighted by Crippen LogP contribution is -2.31. The highest BCUT2D eigenvalue weighted by Crippen LogP contribution is 2.17. The van der Waals surface area contributed by atoms with Gasteiger partial charge < -0.3 is 5.32 Å². The van der Waals surface area contributed by atoms with Crippen LogP contribution in [0.1, 0.15) is 35.2 Å². The number of pyridine rings is 1. The summed E-state index contributed by atoms with van der Waals surface area (Å²) in [6, 6.07) is 3.67. The van der Waals surface area contributed by atoms with Gasteiger partial charge >= 0.3 is 0 Å². The number of aromatic nitrogens is 4. The fourth-order valence-corrected chi connectivity index (χ4v) is 3.04. The van der Waals surface area contributed by atoms with Crippen LogP contribution in [0.5, 0.6) is 0 Å². The molecule has 1 N–H and O–H groups in total. The highest BCUT2D eigenvalue weighted by atomic mass is 16.1. The molecule has 0 spiro atoms. The molecule has 1 fully saturated rings. The first kappa shape index (κ1) is 16.6. The van der Waals surface area contributed by atoms with Crippen molar-refractivity contribution in [2.45, 2.75) is 33.4 Å². The van der Waals surface area contributed by atoms with Crippen molar-refractivity contribution in [3.05, 3.63) is 41.7 Å². The molecular formula is C17H24N6O. The lowest BCUT2D eigenvalue weighted by molar-refractivity contribution is 0.0947. The molecule has 2 aromatic heterocycles. The minimum Gasteiger partial charge on any atom is -0.352 e.